The van der Waals surface area contributed by atoms with Crippen molar-refractivity contribution in [3.8, 4) is 0 Å². The molecule has 0 amide bonds. The van der Waals surface area contributed by atoms with Gasteiger partial charge in [-0.05, 0) is 36.8 Å². The quantitative estimate of drug-likeness (QED) is 0.926. The molecule has 4 heteroatoms. The minimum Gasteiger partial charge on any atom is -0.347 e. The summed E-state index contributed by atoms with van der Waals surface area (Å²) in [4.78, 5) is 0. The summed E-state index contributed by atoms with van der Waals surface area (Å²) in [5, 5.41) is 0. The lowest BCUT2D eigenvalue weighted by atomic mass is 10.2. The fourth-order valence-corrected chi connectivity index (χ4v) is 2.24. The monoisotopic (exact) mass is 296 g/mol. The molecule has 0 bridgehead atoms. The van der Waals surface area contributed by atoms with Crippen LogP contribution in [0, 0.1) is 12.7 Å². The maximum Gasteiger partial charge on any atom is 0.128 e. The molecule has 0 saturated heterocycles. The van der Waals surface area contributed by atoms with Crippen molar-refractivity contribution in [2.24, 2.45) is 5.73 Å². The van der Waals surface area contributed by atoms with E-state index in [-0.39, 0.29) is 5.82 Å². The Hall–Kier alpha value is -1.13. The number of rotatable bonds is 3. The van der Waals surface area contributed by atoms with Gasteiger partial charge in [0.1, 0.15) is 5.82 Å². The van der Waals surface area contributed by atoms with Gasteiger partial charge in [0.15, 0.2) is 0 Å². The van der Waals surface area contributed by atoms with Crippen LogP contribution in [0.25, 0.3) is 0 Å². The highest BCUT2D eigenvalue weighted by molar-refractivity contribution is 9.10. The van der Waals surface area contributed by atoms with Gasteiger partial charge >= 0.3 is 0 Å². The van der Waals surface area contributed by atoms with E-state index in [0.29, 0.717) is 18.7 Å². The van der Waals surface area contributed by atoms with Crippen molar-refractivity contribution in [2.45, 2.75) is 20.0 Å². The van der Waals surface area contributed by atoms with Gasteiger partial charge in [-0.25, -0.2) is 4.39 Å². The summed E-state index contributed by atoms with van der Waals surface area (Å²) in [6, 6.07) is 6.96. The third-order valence-corrected chi connectivity index (χ3v) is 3.41. The molecule has 1 aromatic carbocycles. The molecule has 0 unspecified atom stereocenters. The van der Waals surface area contributed by atoms with Gasteiger partial charge in [0.25, 0.3) is 0 Å². The Bertz CT molecular complexity index is 534. The summed E-state index contributed by atoms with van der Waals surface area (Å²) >= 11 is 3.35. The molecule has 0 aliphatic carbocycles. The van der Waals surface area contributed by atoms with Crippen molar-refractivity contribution in [1.82, 2.24) is 4.57 Å². The lowest BCUT2D eigenvalue weighted by Crippen LogP contribution is -2.05. The van der Waals surface area contributed by atoms with Gasteiger partial charge in [0.05, 0.1) is 6.54 Å². The van der Waals surface area contributed by atoms with Crippen molar-refractivity contribution >= 4 is 15.9 Å². The van der Waals surface area contributed by atoms with Gasteiger partial charge in [-0.15, -0.1) is 0 Å². The average molecular weight is 297 g/mol. The van der Waals surface area contributed by atoms with E-state index in [2.05, 4.69) is 15.9 Å². The first-order chi connectivity index (χ1) is 8.11. The molecule has 0 fully saturated rings. The fraction of sp³-hybridized carbons (Fsp3) is 0.231. The molecule has 17 heavy (non-hydrogen) atoms. The molecular formula is C13H14BrFN2. The van der Waals surface area contributed by atoms with Gasteiger partial charge in [-0.3, -0.25) is 0 Å². The third-order valence-electron chi connectivity index (χ3n) is 2.92. The highest BCUT2D eigenvalue weighted by Crippen LogP contribution is 2.18. The molecule has 1 heterocycles. The second kappa shape index (κ2) is 5.02. The molecule has 90 valence electrons. The van der Waals surface area contributed by atoms with Crippen LogP contribution in [0.1, 0.15) is 16.8 Å². The van der Waals surface area contributed by atoms with E-state index >= 15 is 0 Å². The predicted octanol–water partition coefficient (Wildman–Crippen LogP) is 3.21. The van der Waals surface area contributed by atoms with Gasteiger partial charge < -0.3 is 10.3 Å². The third kappa shape index (κ3) is 2.58. The molecule has 0 radical (unpaired) electrons. The second-order valence-corrected chi connectivity index (χ2v) is 4.91. The Balaban J connectivity index is 2.31. The minimum absolute atomic E-state index is 0.185. The number of halogens is 2. The van der Waals surface area contributed by atoms with E-state index in [4.69, 9.17) is 5.73 Å². The van der Waals surface area contributed by atoms with Crippen LogP contribution in [0.3, 0.4) is 0 Å². The number of aromatic nitrogens is 1. The summed E-state index contributed by atoms with van der Waals surface area (Å²) in [5.41, 5.74) is 8.47. The first-order valence-corrected chi connectivity index (χ1v) is 6.19. The SMILES string of the molecule is Cc1c(CN)ccn1Cc1cc(Br)ccc1F. The molecule has 2 nitrogen and oxygen atoms in total. The summed E-state index contributed by atoms with van der Waals surface area (Å²) in [6.45, 7) is 3.04. The van der Waals surface area contributed by atoms with Crippen LogP contribution in [0.5, 0.6) is 0 Å². The zero-order valence-corrected chi connectivity index (χ0v) is 11.2. The summed E-state index contributed by atoms with van der Waals surface area (Å²) in [5.74, 6) is -0.185. The van der Waals surface area contributed by atoms with Gasteiger partial charge in [-0.2, -0.15) is 0 Å². The molecular weight excluding hydrogens is 283 g/mol. The topological polar surface area (TPSA) is 30.9 Å². The van der Waals surface area contributed by atoms with E-state index in [0.717, 1.165) is 15.7 Å². The summed E-state index contributed by atoms with van der Waals surface area (Å²) < 4.78 is 16.5. The number of benzene rings is 1. The first kappa shape index (κ1) is 12.3. The summed E-state index contributed by atoms with van der Waals surface area (Å²) in [6.07, 6.45) is 1.94. The van der Waals surface area contributed by atoms with E-state index < -0.39 is 0 Å². The van der Waals surface area contributed by atoms with Gasteiger partial charge in [0.2, 0.25) is 0 Å². The normalized spacial score (nSPS) is 10.8. The molecule has 0 saturated carbocycles. The van der Waals surface area contributed by atoms with Crippen molar-refractivity contribution in [1.29, 1.82) is 0 Å². The van der Waals surface area contributed by atoms with E-state index in [9.17, 15) is 4.39 Å². The number of hydrogen-bond acceptors (Lipinski definition) is 1. The van der Waals surface area contributed by atoms with Crippen LogP contribution in [-0.4, -0.2) is 4.57 Å². The Morgan fingerprint density at radius 1 is 1.29 bits per heavy atom. The molecule has 0 aliphatic heterocycles. The fourth-order valence-electron chi connectivity index (χ4n) is 1.83. The maximum atomic E-state index is 13.6. The van der Waals surface area contributed by atoms with Crippen LogP contribution in [0.15, 0.2) is 34.9 Å². The van der Waals surface area contributed by atoms with E-state index in [1.54, 1.807) is 12.1 Å². The molecule has 2 aromatic rings. The number of nitrogens with zero attached hydrogens (tertiary/aromatic N) is 1. The van der Waals surface area contributed by atoms with Gasteiger partial charge in [0, 0.05) is 28.5 Å². The molecule has 2 N–H and O–H groups in total. The van der Waals surface area contributed by atoms with Crippen molar-refractivity contribution in [3.63, 3.8) is 0 Å². The highest BCUT2D eigenvalue weighted by Gasteiger charge is 2.07. The molecule has 0 spiro atoms. The Labute approximate surface area is 108 Å². The van der Waals surface area contributed by atoms with E-state index in [1.165, 1.54) is 6.07 Å². The Morgan fingerprint density at radius 3 is 2.71 bits per heavy atom. The second-order valence-electron chi connectivity index (χ2n) is 3.99. The van der Waals surface area contributed by atoms with Crippen molar-refractivity contribution in [2.75, 3.05) is 0 Å². The van der Waals surface area contributed by atoms with Crippen molar-refractivity contribution in [3.05, 3.63) is 57.6 Å². The van der Waals surface area contributed by atoms with Crippen LogP contribution in [0.4, 0.5) is 4.39 Å². The first-order valence-electron chi connectivity index (χ1n) is 5.40. The van der Waals surface area contributed by atoms with E-state index in [1.807, 2.05) is 23.8 Å². The molecule has 1 aromatic heterocycles. The van der Waals surface area contributed by atoms with Crippen LogP contribution in [0.2, 0.25) is 0 Å². The Morgan fingerprint density at radius 2 is 2.06 bits per heavy atom. The summed E-state index contributed by atoms with van der Waals surface area (Å²) in [7, 11) is 0. The molecule has 2 rings (SSSR count). The van der Waals surface area contributed by atoms with Gasteiger partial charge in [-0.1, -0.05) is 15.9 Å². The zero-order valence-electron chi connectivity index (χ0n) is 9.58. The van der Waals surface area contributed by atoms with Crippen LogP contribution in [-0.2, 0) is 13.1 Å². The largest absolute Gasteiger partial charge is 0.347 e. The smallest absolute Gasteiger partial charge is 0.128 e. The van der Waals surface area contributed by atoms with Crippen LogP contribution < -0.4 is 5.73 Å². The predicted molar refractivity (Wildman–Crippen MR) is 70.3 cm³/mol. The number of nitrogens with two attached hydrogens (primary N) is 1. The maximum absolute atomic E-state index is 13.6. The number of hydrogen-bond donors (Lipinski definition) is 1. The average Bonchev–Trinajstić information content (AvgIpc) is 2.65. The van der Waals surface area contributed by atoms with Crippen molar-refractivity contribution < 1.29 is 4.39 Å². The minimum atomic E-state index is -0.185. The molecule has 0 aliphatic rings. The molecule has 0 atom stereocenters. The lowest BCUT2D eigenvalue weighted by Gasteiger charge is -2.09. The highest BCUT2D eigenvalue weighted by atomic mass is 79.9. The van der Waals surface area contributed by atoms with Crippen LogP contribution >= 0.6 is 15.9 Å². The lowest BCUT2D eigenvalue weighted by molar-refractivity contribution is 0.597. The zero-order chi connectivity index (χ0) is 12.4. The Kier molecular flexibility index (Phi) is 3.64. The standard InChI is InChI=1S/C13H14BrFN2/c1-9-10(7-16)4-5-17(9)8-11-6-12(14)2-3-13(11)15/h2-6H,7-8,16H2,1H3.